The molecule has 0 fully saturated rings. The fraction of sp³-hybridized carbons (Fsp3) is 0.158. The molecule has 0 aliphatic heterocycles. The van der Waals surface area contributed by atoms with E-state index < -0.39 is 0 Å². The van der Waals surface area contributed by atoms with Crippen molar-refractivity contribution in [1.82, 2.24) is 9.97 Å². The van der Waals surface area contributed by atoms with Crippen molar-refractivity contribution in [3.63, 3.8) is 0 Å². The third-order valence-electron chi connectivity index (χ3n) is 3.42. The zero-order valence-corrected chi connectivity index (χ0v) is 12.9. The molecule has 116 valence electrons. The summed E-state index contributed by atoms with van der Waals surface area (Å²) in [5.41, 5.74) is 2.80. The fourth-order valence-corrected chi connectivity index (χ4v) is 2.22. The molecular weight excluding hydrogens is 288 g/mol. The summed E-state index contributed by atoms with van der Waals surface area (Å²) in [6, 6.07) is 14.8. The second kappa shape index (κ2) is 6.92. The highest BCUT2D eigenvalue weighted by atomic mass is 16.5. The van der Waals surface area contributed by atoms with E-state index in [1.807, 2.05) is 36.4 Å². The Morgan fingerprint density at radius 1 is 0.913 bits per heavy atom. The van der Waals surface area contributed by atoms with Gasteiger partial charge >= 0.3 is 0 Å². The number of aromatic hydroxyl groups is 1. The molecule has 23 heavy (non-hydrogen) atoms. The van der Waals surface area contributed by atoms with Crippen LogP contribution in [0.15, 0.2) is 60.9 Å². The lowest BCUT2D eigenvalue weighted by molar-refractivity contribution is 0.317. The van der Waals surface area contributed by atoms with Crippen molar-refractivity contribution in [3.8, 4) is 34.0 Å². The lowest BCUT2D eigenvalue weighted by atomic mass is 10.1. The van der Waals surface area contributed by atoms with E-state index in [4.69, 9.17) is 4.74 Å². The number of phenols is 1. The predicted molar refractivity (Wildman–Crippen MR) is 90.4 cm³/mol. The standard InChI is InChI=1S/C19H18N2O2/c1-2-10-23-18-5-3-4-15(11-18)19-20-12-16(13-21-19)14-6-8-17(22)9-7-14/h3-9,11-13,22H,2,10H2,1H3. The highest BCUT2D eigenvalue weighted by molar-refractivity contribution is 5.64. The SMILES string of the molecule is CCCOc1cccc(-c2ncc(-c3ccc(O)cc3)cn2)c1. The quantitative estimate of drug-likeness (QED) is 0.763. The smallest absolute Gasteiger partial charge is 0.159 e. The summed E-state index contributed by atoms with van der Waals surface area (Å²) < 4.78 is 5.64. The Morgan fingerprint density at radius 2 is 1.65 bits per heavy atom. The topological polar surface area (TPSA) is 55.2 Å². The molecule has 2 aromatic carbocycles. The zero-order chi connectivity index (χ0) is 16.1. The summed E-state index contributed by atoms with van der Waals surface area (Å²) >= 11 is 0. The predicted octanol–water partition coefficient (Wildman–Crippen LogP) is 4.31. The van der Waals surface area contributed by atoms with Crippen LogP contribution < -0.4 is 4.74 Å². The first-order valence-corrected chi connectivity index (χ1v) is 7.61. The van der Waals surface area contributed by atoms with Gasteiger partial charge in [0.15, 0.2) is 5.82 Å². The van der Waals surface area contributed by atoms with Crippen molar-refractivity contribution in [2.24, 2.45) is 0 Å². The summed E-state index contributed by atoms with van der Waals surface area (Å²) in [6.45, 7) is 2.78. The molecule has 4 heteroatoms. The summed E-state index contributed by atoms with van der Waals surface area (Å²) in [4.78, 5) is 8.88. The second-order valence-electron chi connectivity index (χ2n) is 5.22. The molecular formula is C19H18N2O2. The molecule has 0 spiro atoms. The number of ether oxygens (including phenoxy) is 1. The Bertz CT molecular complexity index is 768. The molecule has 1 aromatic heterocycles. The average Bonchev–Trinajstić information content (AvgIpc) is 2.61. The summed E-state index contributed by atoms with van der Waals surface area (Å²) in [5, 5.41) is 9.34. The summed E-state index contributed by atoms with van der Waals surface area (Å²) in [6.07, 6.45) is 4.55. The number of aromatic nitrogens is 2. The minimum absolute atomic E-state index is 0.246. The molecule has 0 amide bonds. The van der Waals surface area contributed by atoms with Gasteiger partial charge < -0.3 is 9.84 Å². The molecule has 0 saturated carbocycles. The first-order valence-electron chi connectivity index (χ1n) is 7.61. The Hall–Kier alpha value is -2.88. The molecule has 0 radical (unpaired) electrons. The maximum absolute atomic E-state index is 9.34. The molecule has 4 nitrogen and oxygen atoms in total. The highest BCUT2D eigenvalue weighted by Gasteiger charge is 2.05. The maximum atomic E-state index is 9.34. The molecule has 0 aliphatic carbocycles. The molecule has 3 rings (SSSR count). The van der Waals surface area contributed by atoms with E-state index in [-0.39, 0.29) is 5.75 Å². The van der Waals surface area contributed by atoms with Crippen LogP contribution in [0, 0.1) is 0 Å². The van der Waals surface area contributed by atoms with Crippen molar-refractivity contribution in [2.75, 3.05) is 6.61 Å². The van der Waals surface area contributed by atoms with Crippen LogP contribution >= 0.6 is 0 Å². The number of nitrogens with zero attached hydrogens (tertiary/aromatic N) is 2. The molecule has 0 aliphatic rings. The van der Waals surface area contributed by atoms with E-state index >= 15 is 0 Å². The largest absolute Gasteiger partial charge is 0.508 e. The number of phenolic OH excluding ortho intramolecular Hbond substituents is 1. The van der Waals surface area contributed by atoms with Gasteiger partial charge in [0.2, 0.25) is 0 Å². The van der Waals surface area contributed by atoms with Gasteiger partial charge in [-0.25, -0.2) is 9.97 Å². The summed E-state index contributed by atoms with van der Waals surface area (Å²) in [5.74, 6) is 1.74. The van der Waals surface area contributed by atoms with Crippen LogP contribution in [0.1, 0.15) is 13.3 Å². The Labute approximate surface area is 135 Å². The van der Waals surface area contributed by atoms with Gasteiger partial charge in [-0.3, -0.25) is 0 Å². The first kappa shape index (κ1) is 15.0. The van der Waals surface area contributed by atoms with Crippen molar-refractivity contribution < 1.29 is 9.84 Å². The Balaban J connectivity index is 1.83. The van der Waals surface area contributed by atoms with E-state index in [9.17, 15) is 5.11 Å². The normalized spacial score (nSPS) is 10.5. The van der Waals surface area contributed by atoms with Crippen molar-refractivity contribution in [3.05, 3.63) is 60.9 Å². The first-order chi connectivity index (χ1) is 11.3. The number of benzene rings is 2. The van der Waals surface area contributed by atoms with Crippen LogP contribution in [0.2, 0.25) is 0 Å². The maximum Gasteiger partial charge on any atom is 0.159 e. The summed E-state index contributed by atoms with van der Waals surface area (Å²) in [7, 11) is 0. The third kappa shape index (κ3) is 3.66. The van der Waals surface area contributed by atoms with Gasteiger partial charge in [0.05, 0.1) is 6.61 Å². The molecule has 0 saturated heterocycles. The van der Waals surface area contributed by atoms with Crippen LogP contribution in [0.3, 0.4) is 0 Å². The molecule has 0 unspecified atom stereocenters. The van der Waals surface area contributed by atoms with Crippen molar-refractivity contribution >= 4 is 0 Å². The van der Waals surface area contributed by atoms with E-state index in [2.05, 4.69) is 16.9 Å². The van der Waals surface area contributed by atoms with E-state index in [1.165, 1.54) is 0 Å². The molecule has 3 aromatic rings. The van der Waals surface area contributed by atoms with Crippen molar-refractivity contribution in [2.45, 2.75) is 13.3 Å². The van der Waals surface area contributed by atoms with Crippen LogP contribution in [-0.4, -0.2) is 21.7 Å². The van der Waals surface area contributed by atoms with E-state index in [0.29, 0.717) is 12.4 Å². The van der Waals surface area contributed by atoms with Crippen LogP contribution in [-0.2, 0) is 0 Å². The van der Waals surface area contributed by atoms with Gasteiger partial charge in [-0.15, -0.1) is 0 Å². The van der Waals surface area contributed by atoms with E-state index in [1.54, 1.807) is 24.5 Å². The molecule has 0 atom stereocenters. The van der Waals surface area contributed by atoms with Crippen LogP contribution in [0.5, 0.6) is 11.5 Å². The number of hydrogen-bond donors (Lipinski definition) is 1. The number of rotatable bonds is 5. The fourth-order valence-electron chi connectivity index (χ4n) is 2.22. The van der Waals surface area contributed by atoms with Crippen molar-refractivity contribution in [1.29, 1.82) is 0 Å². The minimum atomic E-state index is 0.246. The van der Waals surface area contributed by atoms with Gasteiger partial charge in [-0.05, 0) is 36.2 Å². The third-order valence-corrected chi connectivity index (χ3v) is 3.42. The molecule has 0 bridgehead atoms. The lowest BCUT2D eigenvalue weighted by Crippen LogP contribution is -1.95. The highest BCUT2D eigenvalue weighted by Crippen LogP contribution is 2.24. The Morgan fingerprint density at radius 3 is 2.35 bits per heavy atom. The van der Waals surface area contributed by atoms with Crippen LogP contribution in [0.25, 0.3) is 22.5 Å². The van der Waals surface area contributed by atoms with Crippen LogP contribution in [0.4, 0.5) is 0 Å². The zero-order valence-electron chi connectivity index (χ0n) is 12.9. The molecule has 1 heterocycles. The second-order valence-corrected chi connectivity index (χ2v) is 5.22. The van der Waals surface area contributed by atoms with Gasteiger partial charge in [-0.2, -0.15) is 0 Å². The van der Waals surface area contributed by atoms with Gasteiger partial charge in [-0.1, -0.05) is 31.2 Å². The lowest BCUT2D eigenvalue weighted by Gasteiger charge is -2.07. The van der Waals surface area contributed by atoms with Gasteiger partial charge in [0.25, 0.3) is 0 Å². The monoisotopic (exact) mass is 306 g/mol. The Kier molecular flexibility index (Phi) is 4.52. The van der Waals surface area contributed by atoms with Gasteiger partial charge in [0.1, 0.15) is 11.5 Å². The number of hydrogen-bond acceptors (Lipinski definition) is 4. The molecule has 1 N–H and O–H groups in total. The van der Waals surface area contributed by atoms with Gasteiger partial charge in [0, 0.05) is 23.5 Å². The van der Waals surface area contributed by atoms with E-state index in [0.717, 1.165) is 28.9 Å². The minimum Gasteiger partial charge on any atom is -0.508 e. The average molecular weight is 306 g/mol.